The Morgan fingerprint density at radius 3 is 2.50 bits per heavy atom. The van der Waals surface area contributed by atoms with Crippen molar-refractivity contribution in [3.8, 4) is 16.2 Å². The van der Waals surface area contributed by atoms with Crippen molar-refractivity contribution >= 4 is 74.7 Å². The standard InChI is InChI=1S/C57H72ClFN12O8S/c1-7-69(8-2)21-12-14-50(73)65-47-29-43-46(61-35-62-54(43)64-40-19-20-45(59)44(58)27-40)30-49(47)79-23-11-9-10-13-41-32-70(68-67-41)22-24-77-25-26-78-34-51(74)66-53(57(4,5)6)56(76)71-33-42(72)28-48(71)55(75)60-31-38-15-17-39(18-16-38)52-37(3)63-36-80-52/h12,14-20,27,29-30,32,35-36,42,48,53,72H,7-11,13,21-26,28,31,33-34H2,1-6H3,(H,60,75)(H,65,73)(H,66,74)(H,61,62,64)/b14-12+/t42-,48+,53-/m1/s1. The number of amides is 4. The first kappa shape index (κ1) is 60.7. The van der Waals surface area contributed by atoms with Gasteiger partial charge in [-0.25, -0.2) is 24.0 Å². The summed E-state index contributed by atoms with van der Waals surface area (Å²) in [5, 5.41) is 31.6. The maximum absolute atomic E-state index is 14.0. The fourth-order valence-electron chi connectivity index (χ4n) is 8.93. The number of thiazole rings is 1. The Kier molecular flexibility index (Phi) is 22.4. The van der Waals surface area contributed by atoms with Gasteiger partial charge in [-0.05, 0) is 86.5 Å². The molecule has 0 radical (unpaired) electrons. The van der Waals surface area contributed by atoms with Crippen LogP contribution in [0.25, 0.3) is 21.3 Å². The molecule has 0 spiro atoms. The zero-order valence-corrected chi connectivity index (χ0v) is 47.7. The molecule has 5 N–H and O–H groups in total. The molecule has 3 atom stereocenters. The van der Waals surface area contributed by atoms with Crippen LogP contribution in [0.15, 0.2) is 84.8 Å². The highest BCUT2D eigenvalue weighted by atomic mass is 35.5. The van der Waals surface area contributed by atoms with E-state index < -0.39 is 41.2 Å². The van der Waals surface area contributed by atoms with E-state index in [1.807, 2.05) is 69.7 Å². The normalized spacial score (nSPS) is 14.9. The maximum Gasteiger partial charge on any atom is 0.248 e. The van der Waals surface area contributed by atoms with Crippen LogP contribution in [0.2, 0.25) is 5.02 Å². The van der Waals surface area contributed by atoms with Gasteiger partial charge in [0.25, 0.3) is 0 Å². The number of benzene rings is 3. The van der Waals surface area contributed by atoms with Crippen LogP contribution in [0, 0.1) is 18.2 Å². The number of carbonyl (C=O) groups is 4. The van der Waals surface area contributed by atoms with Crippen molar-refractivity contribution in [1.82, 2.24) is 50.4 Å². The number of aromatic nitrogens is 6. The lowest BCUT2D eigenvalue weighted by Gasteiger charge is -2.35. The molecule has 0 unspecified atom stereocenters. The zero-order chi connectivity index (χ0) is 57.2. The minimum Gasteiger partial charge on any atom is -0.491 e. The molecular weight excluding hydrogens is 1070 g/mol. The van der Waals surface area contributed by atoms with Gasteiger partial charge in [-0.1, -0.05) is 81.8 Å². The fourth-order valence-corrected chi connectivity index (χ4v) is 9.92. The first-order chi connectivity index (χ1) is 38.5. The molecule has 428 valence electrons. The molecule has 6 aromatic rings. The van der Waals surface area contributed by atoms with Crippen LogP contribution < -0.4 is 26.0 Å². The van der Waals surface area contributed by atoms with Gasteiger partial charge in [0.1, 0.15) is 42.4 Å². The Balaban J connectivity index is 0.800. The second kappa shape index (κ2) is 29.5. The third-order valence-corrected chi connectivity index (χ3v) is 14.7. The highest BCUT2D eigenvalue weighted by Gasteiger charge is 2.44. The Morgan fingerprint density at radius 2 is 1.76 bits per heavy atom. The molecule has 4 heterocycles. The third-order valence-electron chi connectivity index (χ3n) is 13.4. The summed E-state index contributed by atoms with van der Waals surface area (Å²) in [6, 6.07) is 13.8. The zero-order valence-electron chi connectivity index (χ0n) is 46.2. The third kappa shape index (κ3) is 17.5. The molecule has 0 bridgehead atoms. The lowest BCUT2D eigenvalue weighted by Crippen LogP contribution is -2.58. The molecular formula is C57H72ClFN12O8S. The number of carbonyl (C=O) groups excluding carboxylic acids is 4. The number of β-amino-alcohol motifs (C(OH)–C–C–N with tert-alkyl or cyclic N) is 1. The molecule has 23 heteroatoms. The van der Waals surface area contributed by atoms with Crippen LogP contribution in [0.3, 0.4) is 0 Å². The first-order valence-electron chi connectivity index (χ1n) is 26.9. The fraction of sp³-hybridized carbons (Fsp3) is 0.456. The number of ether oxygens (including phenoxy) is 3. The molecule has 0 saturated carbocycles. The van der Waals surface area contributed by atoms with Crippen molar-refractivity contribution in [2.75, 3.05) is 69.8 Å². The van der Waals surface area contributed by atoms with E-state index in [9.17, 15) is 28.7 Å². The predicted molar refractivity (Wildman–Crippen MR) is 306 cm³/mol. The van der Waals surface area contributed by atoms with Crippen LogP contribution >= 0.6 is 22.9 Å². The lowest BCUT2D eigenvalue weighted by atomic mass is 9.85. The Bertz CT molecular complexity index is 3060. The second-order valence-electron chi connectivity index (χ2n) is 20.5. The first-order valence-corrected chi connectivity index (χ1v) is 28.2. The number of nitrogens with zero attached hydrogens (tertiary/aromatic N) is 8. The number of hydrogen-bond acceptors (Lipinski definition) is 16. The number of fused-ring (bicyclic) bond motifs is 1. The van der Waals surface area contributed by atoms with Gasteiger partial charge in [0.15, 0.2) is 0 Å². The number of rotatable bonds is 29. The van der Waals surface area contributed by atoms with Gasteiger partial charge in [-0.3, -0.25) is 19.2 Å². The highest BCUT2D eigenvalue weighted by molar-refractivity contribution is 7.13. The van der Waals surface area contributed by atoms with Crippen molar-refractivity contribution in [2.45, 2.75) is 105 Å². The largest absolute Gasteiger partial charge is 0.491 e. The van der Waals surface area contributed by atoms with Crippen molar-refractivity contribution in [2.24, 2.45) is 5.41 Å². The van der Waals surface area contributed by atoms with E-state index in [2.05, 4.69) is 65.3 Å². The number of aliphatic hydroxyl groups is 1. The van der Waals surface area contributed by atoms with Crippen LogP contribution in [0.1, 0.15) is 77.3 Å². The van der Waals surface area contributed by atoms with Gasteiger partial charge in [0.05, 0.1) is 77.1 Å². The SMILES string of the molecule is CCN(CC)C/C=C/C(=O)Nc1cc2c(Nc3ccc(F)c(Cl)c3)ncnc2cc1OCCCCCc1cn(CCOCCOCC(=O)N[C@H](C(=O)N2C[C@H](O)C[C@H]2C(=O)NCc2ccc(-c3scnc3C)cc2)C(C)(C)C)nn1. The summed E-state index contributed by atoms with van der Waals surface area (Å²) < 4.78 is 33.2. The van der Waals surface area contributed by atoms with E-state index in [0.717, 1.165) is 59.7 Å². The Hall–Kier alpha value is -6.95. The topological polar surface area (TPSA) is 240 Å². The monoisotopic (exact) mass is 1140 g/mol. The molecule has 1 fully saturated rings. The number of hydrogen-bond donors (Lipinski definition) is 5. The average molecular weight is 1140 g/mol. The van der Waals surface area contributed by atoms with Crippen molar-refractivity contribution in [3.63, 3.8) is 0 Å². The molecule has 3 aromatic carbocycles. The van der Waals surface area contributed by atoms with Gasteiger partial charge in [-0.15, -0.1) is 16.4 Å². The number of likely N-dealkylation sites (N-methyl/N-ethyl adjacent to an activating group) is 1. The summed E-state index contributed by atoms with van der Waals surface area (Å²) in [7, 11) is 0. The summed E-state index contributed by atoms with van der Waals surface area (Å²) >= 11 is 7.60. The summed E-state index contributed by atoms with van der Waals surface area (Å²) in [5.41, 5.74) is 6.35. The molecule has 1 aliphatic rings. The number of unbranched alkanes of at least 4 members (excludes halogenated alkanes) is 2. The number of aryl methyl sites for hydroxylation is 2. The molecule has 1 saturated heterocycles. The molecule has 20 nitrogen and oxygen atoms in total. The summed E-state index contributed by atoms with van der Waals surface area (Å²) in [6.45, 7) is 15.4. The lowest BCUT2D eigenvalue weighted by molar-refractivity contribution is -0.144. The van der Waals surface area contributed by atoms with Gasteiger partial charge in [0, 0.05) is 55.5 Å². The molecule has 3 aromatic heterocycles. The van der Waals surface area contributed by atoms with Gasteiger partial charge >= 0.3 is 0 Å². The number of aliphatic hydroxyl groups excluding tert-OH is 1. The van der Waals surface area contributed by atoms with Crippen LogP contribution in [-0.4, -0.2) is 146 Å². The van der Waals surface area contributed by atoms with Crippen LogP contribution in [-0.2, 0) is 48.2 Å². The highest BCUT2D eigenvalue weighted by Crippen LogP contribution is 2.35. The van der Waals surface area contributed by atoms with Crippen molar-refractivity contribution < 1.29 is 42.9 Å². The second-order valence-corrected chi connectivity index (χ2v) is 21.7. The Morgan fingerprint density at radius 1 is 0.975 bits per heavy atom. The van der Waals surface area contributed by atoms with Gasteiger partial charge < -0.3 is 50.4 Å². The molecule has 7 rings (SSSR count). The quantitative estimate of drug-likeness (QED) is 0.0224. The Labute approximate surface area is 474 Å². The average Bonchev–Trinajstić information content (AvgIpc) is 4.22. The summed E-state index contributed by atoms with van der Waals surface area (Å²) in [5.74, 6) is -1.30. The van der Waals surface area contributed by atoms with Crippen LogP contribution in [0.5, 0.6) is 5.75 Å². The number of nitrogens with one attached hydrogen (secondary N) is 4. The van der Waals surface area contributed by atoms with E-state index in [4.69, 9.17) is 25.8 Å². The van der Waals surface area contributed by atoms with Gasteiger partial charge in [0.2, 0.25) is 23.6 Å². The number of likely N-dealkylation sites (tertiary alicyclic amines) is 1. The van der Waals surface area contributed by atoms with E-state index in [-0.39, 0.29) is 56.2 Å². The van der Waals surface area contributed by atoms with E-state index in [1.165, 1.54) is 29.4 Å². The molecule has 1 aliphatic heterocycles. The number of halogens is 2. The van der Waals surface area contributed by atoms with Crippen molar-refractivity contribution in [1.29, 1.82) is 0 Å². The van der Waals surface area contributed by atoms with Crippen LogP contribution in [0.4, 0.5) is 21.6 Å². The van der Waals surface area contributed by atoms with E-state index in [1.54, 1.807) is 34.2 Å². The number of anilines is 3. The smallest absolute Gasteiger partial charge is 0.248 e. The van der Waals surface area contributed by atoms with E-state index >= 15 is 0 Å². The molecule has 80 heavy (non-hydrogen) atoms. The summed E-state index contributed by atoms with van der Waals surface area (Å²) in [4.78, 5) is 71.5. The molecule has 4 amide bonds. The maximum atomic E-state index is 14.0. The minimum atomic E-state index is -0.985. The predicted octanol–water partition coefficient (Wildman–Crippen LogP) is 7.66. The van der Waals surface area contributed by atoms with Gasteiger partial charge in [-0.2, -0.15) is 0 Å². The minimum absolute atomic E-state index is 0.0302. The molecule has 0 aliphatic carbocycles. The van der Waals surface area contributed by atoms with E-state index in [0.29, 0.717) is 66.6 Å². The van der Waals surface area contributed by atoms with Crippen molar-refractivity contribution in [3.05, 3.63) is 113 Å². The summed E-state index contributed by atoms with van der Waals surface area (Å²) in [6.07, 6.45) is 8.94.